The van der Waals surface area contributed by atoms with Gasteiger partial charge in [-0.05, 0) is 24.3 Å². The molecule has 6 aromatic rings. The minimum Gasteiger partial charge on any atom is -0.354 e. The van der Waals surface area contributed by atoms with Gasteiger partial charge in [-0.3, -0.25) is 4.79 Å². The zero-order valence-electron chi connectivity index (χ0n) is 13.2. The van der Waals surface area contributed by atoms with Crippen molar-refractivity contribution < 1.29 is 0 Å². The SMILES string of the molecule is O=c1[nH]c2ccccc2c2c1[nH]c1cc3[nH]c4ccccc4c3cc12. The molecule has 0 amide bonds. The number of rotatable bonds is 0. The van der Waals surface area contributed by atoms with Crippen LogP contribution in [0.1, 0.15) is 0 Å². The normalized spacial score (nSPS) is 12.2. The van der Waals surface area contributed by atoms with Crippen molar-refractivity contribution in [2.24, 2.45) is 0 Å². The second kappa shape index (κ2) is 4.30. The Balaban J connectivity index is 1.92. The summed E-state index contributed by atoms with van der Waals surface area (Å²) in [7, 11) is 0. The highest BCUT2D eigenvalue weighted by molar-refractivity contribution is 6.23. The molecular weight excluding hydrogens is 310 g/mol. The number of hydrogen-bond donors (Lipinski definition) is 3. The molecular formula is C21H13N3O. The molecule has 3 N–H and O–H groups in total. The van der Waals surface area contributed by atoms with Gasteiger partial charge in [0.1, 0.15) is 5.52 Å². The minimum absolute atomic E-state index is 0.0848. The summed E-state index contributed by atoms with van der Waals surface area (Å²) < 4.78 is 0. The highest BCUT2D eigenvalue weighted by Gasteiger charge is 2.14. The molecule has 0 saturated carbocycles. The molecule has 118 valence electrons. The number of fused-ring (bicyclic) bond motifs is 8. The fourth-order valence-electron chi connectivity index (χ4n) is 3.99. The van der Waals surface area contributed by atoms with E-state index in [0.29, 0.717) is 5.52 Å². The Hall–Kier alpha value is -3.53. The number of pyridine rings is 1. The number of aromatic amines is 3. The van der Waals surface area contributed by atoms with Crippen LogP contribution in [-0.2, 0) is 0 Å². The number of nitrogens with one attached hydrogen (secondary N) is 3. The summed E-state index contributed by atoms with van der Waals surface area (Å²) in [5, 5.41) is 5.50. The van der Waals surface area contributed by atoms with Crippen LogP contribution in [0.2, 0.25) is 0 Å². The molecule has 0 bridgehead atoms. The van der Waals surface area contributed by atoms with Crippen LogP contribution in [0, 0.1) is 0 Å². The Labute approximate surface area is 141 Å². The molecule has 0 aliphatic carbocycles. The van der Waals surface area contributed by atoms with E-state index in [0.717, 1.165) is 38.2 Å². The summed E-state index contributed by atoms with van der Waals surface area (Å²) in [4.78, 5) is 22.2. The van der Waals surface area contributed by atoms with Gasteiger partial charge in [-0.25, -0.2) is 0 Å². The Morgan fingerprint density at radius 1 is 0.560 bits per heavy atom. The zero-order chi connectivity index (χ0) is 16.5. The summed E-state index contributed by atoms with van der Waals surface area (Å²) in [5.74, 6) is 0. The highest BCUT2D eigenvalue weighted by atomic mass is 16.1. The molecule has 0 radical (unpaired) electrons. The van der Waals surface area contributed by atoms with E-state index in [9.17, 15) is 4.79 Å². The van der Waals surface area contributed by atoms with E-state index in [1.54, 1.807) is 0 Å². The van der Waals surface area contributed by atoms with E-state index in [4.69, 9.17) is 0 Å². The van der Waals surface area contributed by atoms with Crippen molar-refractivity contribution in [2.75, 3.05) is 0 Å². The average Bonchev–Trinajstić information content (AvgIpc) is 3.18. The van der Waals surface area contributed by atoms with Crippen LogP contribution in [0.15, 0.2) is 65.5 Å². The molecule has 0 unspecified atom stereocenters. The maximum atomic E-state index is 12.5. The van der Waals surface area contributed by atoms with Gasteiger partial charge in [-0.2, -0.15) is 0 Å². The molecule has 25 heavy (non-hydrogen) atoms. The largest absolute Gasteiger partial charge is 0.354 e. The standard InChI is InChI=1S/C21H13N3O/c25-21-20-19(12-6-2-4-8-16(12)24-21)14-9-13-11-5-1-3-7-15(11)22-17(13)10-18(14)23-20/h1-10,22-23H,(H,24,25). The fourth-order valence-corrected chi connectivity index (χ4v) is 3.99. The van der Waals surface area contributed by atoms with Gasteiger partial charge < -0.3 is 15.0 Å². The van der Waals surface area contributed by atoms with Crippen molar-refractivity contribution in [2.45, 2.75) is 0 Å². The number of benzene rings is 3. The van der Waals surface area contributed by atoms with Gasteiger partial charge >= 0.3 is 0 Å². The van der Waals surface area contributed by atoms with Gasteiger partial charge in [0.2, 0.25) is 0 Å². The molecule has 0 aliphatic rings. The van der Waals surface area contributed by atoms with Crippen molar-refractivity contribution in [3.63, 3.8) is 0 Å². The number of hydrogen-bond acceptors (Lipinski definition) is 1. The molecule has 4 nitrogen and oxygen atoms in total. The maximum Gasteiger partial charge on any atom is 0.272 e. The lowest BCUT2D eigenvalue weighted by molar-refractivity contribution is 1.32. The second-order valence-electron chi connectivity index (χ2n) is 6.49. The quantitative estimate of drug-likeness (QED) is 0.369. The first-order chi connectivity index (χ1) is 12.3. The van der Waals surface area contributed by atoms with Crippen LogP contribution in [0.4, 0.5) is 0 Å². The lowest BCUT2D eigenvalue weighted by Gasteiger charge is -2.00. The summed E-state index contributed by atoms with van der Waals surface area (Å²) in [6, 6.07) is 20.5. The maximum absolute atomic E-state index is 12.5. The molecule has 0 spiro atoms. The Bertz CT molecular complexity index is 1510. The summed E-state index contributed by atoms with van der Waals surface area (Å²) >= 11 is 0. The van der Waals surface area contributed by atoms with Gasteiger partial charge in [-0.1, -0.05) is 36.4 Å². The van der Waals surface area contributed by atoms with Crippen LogP contribution in [-0.4, -0.2) is 15.0 Å². The fraction of sp³-hybridized carbons (Fsp3) is 0. The smallest absolute Gasteiger partial charge is 0.272 e. The summed E-state index contributed by atoms with van der Waals surface area (Å²) in [6.45, 7) is 0. The third-order valence-corrected chi connectivity index (χ3v) is 5.09. The first kappa shape index (κ1) is 12.8. The van der Waals surface area contributed by atoms with E-state index in [1.165, 1.54) is 10.8 Å². The topological polar surface area (TPSA) is 64.4 Å². The lowest BCUT2D eigenvalue weighted by atomic mass is 10.1. The van der Waals surface area contributed by atoms with Gasteiger partial charge in [-0.15, -0.1) is 0 Å². The van der Waals surface area contributed by atoms with Crippen LogP contribution in [0.3, 0.4) is 0 Å². The van der Waals surface area contributed by atoms with Crippen LogP contribution >= 0.6 is 0 Å². The highest BCUT2D eigenvalue weighted by Crippen LogP contribution is 2.34. The summed E-state index contributed by atoms with van der Waals surface area (Å²) in [6.07, 6.45) is 0. The second-order valence-corrected chi connectivity index (χ2v) is 6.49. The molecule has 0 aliphatic heterocycles. The molecule has 3 aromatic carbocycles. The first-order valence-electron chi connectivity index (χ1n) is 8.26. The Morgan fingerprint density at radius 2 is 1.24 bits per heavy atom. The van der Waals surface area contributed by atoms with E-state index in [2.05, 4.69) is 51.4 Å². The van der Waals surface area contributed by atoms with E-state index >= 15 is 0 Å². The van der Waals surface area contributed by atoms with Crippen LogP contribution in [0.25, 0.3) is 54.5 Å². The molecule has 0 saturated heterocycles. The molecule has 0 atom stereocenters. The van der Waals surface area contributed by atoms with Crippen molar-refractivity contribution in [1.29, 1.82) is 0 Å². The molecule has 0 fully saturated rings. The van der Waals surface area contributed by atoms with Crippen molar-refractivity contribution in [3.8, 4) is 0 Å². The minimum atomic E-state index is -0.0848. The monoisotopic (exact) mass is 323 g/mol. The van der Waals surface area contributed by atoms with Gasteiger partial charge in [0.25, 0.3) is 5.56 Å². The van der Waals surface area contributed by atoms with E-state index in [-0.39, 0.29) is 5.56 Å². The zero-order valence-corrected chi connectivity index (χ0v) is 13.2. The van der Waals surface area contributed by atoms with Gasteiger partial charge in [0, 0.05) is 49.0 Å². The van der Waals surface area contributed by atoms with Crippen LogP contribution in [0.5, 0.6) is 0 Å². The average molecular weight is 323 g/mol. The third kappa shape index (κ3) is 1.58. The van der Waals surface area contributed by atoms with Gasteiger partial charge in [0.15, 0.2) is 0 Å². The van der Waals surface area contributed by atoms with Crippen molar-refractivity contribution in [3.05, 3.63) is 71.0 Å². The van der Waals surface area contributed by atoms with Gasteiger partial charge in [0.05, 0.1) is 0 Å². The van der Waals surface area contributed by atoms with E-state index < -0.39 is 0 Å². The molecule has 4 heteroatoms. The molecule has 3 heterocycles. The molecule has 6 rings (SSSR count). The van der Waals surface area contributed by atoms with Crippen LogP contribution < -0.4 is 5.56 Å². The Kier molecular flexibility index (Phi) is 2.21. The number of H-pyrrole nitrogens is 3. The lowest BCUT2D eigenvalue weighted by Crippen LogP contribution is -2.05. The summed E-state index contributed by atoms with van der Waals surface area (Å²) in [5.41, 5.74) is 4.57. The number of para-hydroxylation sites is 2. The predicted octanol–water partition coefficient (Wildman–Crippen LogP) is 4.80. The third-order valence-electron chi connectivity index (χ3n) is 5.09. The Morgan fingerprint density at radius 3 is 2.08 bits per heavy atom. The van der Waals surface area contributed by atoms with Crippen molar-refractivity contribution >= 4 is 54.5 Å². The first-order valence-corrected chi connectivity index (χ1v) is 8.26. The van der Waals surface area contributed by atoms with E-state index in [1.807, 2.05) is 24.3 Å². The number of aromatic nitrogens is 3. The molecule has 3 aromatic heterocycles. The van der Waals surface area contributed by atoms with Crippen molar-refractivity contribution in [1.82, 2.24) is 15.0 Å². The predicted molar refractivity (Wildman–Crippen MR) is 103 cm³/mol.